The van der Waals surface area contributed by atoms with Gasteiger partial charge in [0.2, 0.25) is 0 Å². The molecule has 0 radical (unpaired) electrons. The number of aliphatic hydroxyl groups excluding tert-OH is 1. The summed E-state index contributed by atoms with van der Waals surface area (Å²) in [5.41, 5.74) is 1.22. The van der Waals surface area contributed by atoms with Crippen molar-refractivity contribution in [3.05, 3.63) is 70.8 Å². The van der Waals surface area contributed by atoms with E-state index in [0.29, 0.717) is 0 Å². The van der Waals surface area contributed by atoms with Gasteiger partial charge in [0.1, 0.15) is 0 Å². The highest BCUT2D eigenvalue weighted by Crippen LogP contribution is 2.29. The van der Waals surface area contributed by atoms with Crippen molar-refractivity contribution in [3.63, 3.8) is 0 Å². The van der Waals surface area contributed by atoms with Gasteiger partial charge < -0.3 is 15.2 Å². The Morgan fingerprint density at radius 1 is 1.12 bits per heavy atom. The van der Waals surface area contributed by atoms with E-state index in [1.54, 1.807) is 0 Å². The van der Waals surface area contributed by atoms with Gasteiger partial charge in [0, 0.05) is 12.1 Å². The van der Waals surface area contributed by atoms with Crippen LogP contribution in [0.4, 0.5) is 13.2 Å². The monoisotopic (exact) mass is 367 g/mol. The molecule has 2 aromatic rings. The number of alkyl halides is 3. The molecule has 0 aliphatic rings. The van der Waals surface area contributed by atoms with Crippen molar-refractivity contribution in [1.82, 2.24) is 5.32 Å². The topological polar surface area (TPSA) is 58.6 Å². The smallest absolute Gasteiger partial charge is 0.394 e. The molecule has 2 N–H and O–H groups in total. The summed E-state index contributed by atoms with van der Waals surface area (Å²) >= 11 is 0. The first-order valence-corrected chi connectivity index (χ1v) is 8.05. The van der Waals surface area contributed by atoms with Crippen LogP contribution in [0.15, 0.2) is 48.5 Å². The first kappa shape index (κ1) is 19.9. The molecule has 1 unspecified atom stereocenters. The molecule has 2 rings (SSSR count). The summed E-state index contributed by atoms with van der Waals surface area (Å²) in [6.07, 6.45) is -4.91. The lowest BCUT2D eigenvalue weighted by Crippen LogP contribution is -2.30. The standard InChI is InChI=1S/C19H20F3NO3/c1-13-2-4-14(5-3-13)17(26-11-10-24)12-23-18(25)15-6-8-16(9-7-15)19(20,21)22/h2-9,17,24H,10-12H2,1H3,(H,23,25). The van der Waals surface area contributed by atoms with Crippen LogP contribution >= 0.6 is 0 Å². The maximum absolute atomic E-state index is 12.6. The Kier molecular flexibility index (Phi) is 6.76. The third kappa shape index (κ3) is 5.57. The number of nitrogens with one attached hydrogen (secondary N) is 1. The molecule has 0 aromatic heterocycles. The number of hydrogen-bond acceptors (Lipinski definition) is 3. The van der Waals surface area contributed by atoms with Crippen LogP contribution in [-0.2, 0) is 10.9 Å². The Labute approximate surface area is 149 Å². The first-order valence-electron chi connectivity index (χ1n) is 8.05. The zero-order valence-electron chi connectivity index (χ0n) is 14.2. The zero-order chi connectivity index (χ0) is 19.2. The summed E-state index contributed by atoms with van der Waals surface area (Å²) in [6, 6.07) is 11.5. The third-order valence-electron chi connectivity index (χ3n) is 3.78. The van der Waals surface area contributed by atoms with Crippen molar-refractivity contribution in [1.29, 1.82) is 0 Å². The average Bonchev–Trinajstić information content (AvgIpc) is 2.62. The Bertz CT molecular complexity index is 712. The number of carbonyl (C=O) groups is 1. The van der Waals surface area contributed by atoms with E-state index in [1.165, 1.54) is 0 Å². The molecule has 0 saturated heterocycles. The van der Waals surface area contributed by atoms with Gasteiger partial charge in [-0.15, -0.1) is 0 Å². The van der Waals surface area contributed by atoms with Crippen LogP contribution in [0.2, 0.25) is 0 Å². The molecule has 26 heavy (non-hydrogen) atoms. The molecule has 140 valence electrons. The summed E-state index contributed by atoms with van der Waals surface area (Å²) in [4.78, 5) is 12.2. The lowest BCUT2D eigenvalue weighted by molar-refractivity contribution is -0.137. The van der Waals surface area contributed by atoms with E-state index in [2.05, 4.69) is 5.32 Å². The highest BCUT2D eigenvalue weighted by atomic mass is 19.4. The summed E-state index contributed by atoms with van der Waals surface area (Å²) in [5, 5.41) is 11.6. The molecule has 2 aromatic carbocycles. The highest BCUT2D eigenvalue weighted by molar-refractivity contribution is 5.94. The van der Waals surface area contributed by atoms with Gasteiger partial charge in [-0.2, -0.15) is 13.2 Å². The van der Waals surface area contributed by atoms with E-state index in [-0.39, 0.29) is 25.3 Å². The minimum atomic E-state index is -4.44. The van der Waals surface area contributed by atoms with Crippen LogP contribution < -0.4 is 5.32 Å². The second-order valence-electron chi connectivity index (χ2n) is 5.78. The normalized spacial score (nSPS) is 12.7. The number of hydrogen-bond donors (Lipinski definition) is 2. The third-order valence-corrected chi connectivity index (χ3v) is 3.78. The molecule has 4 nitrogen and oxygen atoms in total. The Balaban J connectivity index is 2.02. The fourth-order valence-corrected chi connectivity index (χ4v) is 2.35. The number of rotatable bonds is 7. The van der Waals surface area contributed by atoms with Crippen molar-refractivity contribution >= 4 is 5.91 Å². The molecule has 0 aliphatic carbocycles. The average molecular weight is 367 g/mol. The molecule has 0 fully saturated rings. The summed E-state index contributed by atoms with van der Waals surface area (Å²) < 4.78 is 43.3. The molecule has 0 saturated carbocycles. The van der Waals surface area contributed by atoms with Gasteiger partial charge in [0.15, 0.2) is 0 Å². The number of benzene rings is 2. The number of ether oxygens (including phenoxy) is 1. The lowest BCUT2D eigenvalue weighted by Gasteiger charge is -2.19. The molecule has 1 atom stereocenters. The van der Waals surface area contributed by atoms with Gasteiger partial charge in [-0.1, -0.05) is 29.8 Å². The zero-order valence-corrected chi connectivity index (χ0v) is 14.2. The van der Waals surface area contributed by atoms with Crippen LogP contribution in [0.3, 0.4) is 0 Å². The first-order chi connectivity index (χ1) is 12.3. The van der Waals surface area contributed by atoms with Gasteiger partial charge in [0.25, 0.3) is 5.91 Å². The van der Waals surface area contributed by atoms with Crippen LogP contribution in [-0.4, -0.2) is 30.8 Å². The van der Waals surface area contributed by atoms with Gasteiger partial charge in [0.05, 0.1) is 24.9 Å². The number of amides is 1. The Morgan fingerprint density at radius 2 is 1.73 bits per heavy atom. The molecular formula is C19H20F3NO3. The summed E-state index contributed by atoms with van der Waals surface area (Å²) in [5.74, 6) is -0.497. The van der Waals surface area contributed by atoms with Gasteiger partial charge >= 0.3 is 6.18 Å². The van der Waals surface area contributed by atoms with Crippen molar-refractivity contribution in [3.8, 4) is 0 Å². The molecule has 1 amide bonds. The van der Waals surface area contributed by atoms with Crippen LogP contribution in [0, 0.1) is 6.92 Å². The van der Waals surface area contributed by atoms with E-state index in [9.17, 15) is 18.0 Å². The second-order valence-corrected chi connectivity index (χ2v) is 5.78. The van der Waals surface area contributed by atoms with Crippen molar-refractivity contribution in [2.75, 3.05) is 19.8 Å². The fourth-order valence-electron chi connectivity index (χ4n) is 2.35. The number of aryl methyl sites for hydroxylation is 1. The molecule has 0 spiro atoms. The van der Waals surface area contributed by atoms with Gasteiger partial charge in [-0.25, -0.2) is 0 Å². The second kappa shape index (κ2) is 8.82. The summed E-state index contributed by atoms with van der Waals surface area (Å²) in [6.45, 7) is 2.02. The molecular weight excluding hydrogens is 347 g/mol. The predicted octanol–water partition coefficient (Wildman–Crippen LogP) is 3.49. The largest absolute Gasteiger partial charge is 0.416 e. The van der Waals surface area contributed by atoms with Crippen LogP contribution in [0.5, 0.6) is 0 Å². The van der Waals surface area contributed by atoms with E-state index in [0.717, 1.165) is 35.4 Å². The highest BCUT2D eigenvalue weighted by Gasteiger charge is 2.30. The minimum Gasteiger partial charge on any atom is -0.394 e. The number of halogens is 3. The molecule has 0 heterocycles. The molecule has 7 heteroatoms. The van der Waals surface area contributed by atoms with E-state index in [1.807, 2.05) is 31.2 Å². The number of aliphatic hydroxyl groups is 1. The van der Waals surface area contributed by atoms with E-state index >= 15 is 0 Å². The van der Waals surface area contributed by atoms with Crippen molar-refractivity contribution < 1.29 is 27.8 Å². The van der Waals surface area contributed by atoms with Crippen molar-refractivity contribution in [2.45, 2.75) is 19.2 Å². The Morgan fingerprint density at radius 3 is 2.27 bits per heavy atom. The quantitative estimate of drug-likeness (QED) is 0.788. The van der Waals surface area contributed by atoms with Crippen molar-refractivity contribution in [2.24, 2.45) is 0 Å². The summed E-state index contributed by atoms with van der Waals surface area (Å²) in [7, 11) is 0. The van der Waals surface area contributed by atoms with E-state index in [4.69, 9.17) is 9.84 Å². The van der Waals surface area contributed by atoms with E-state index < -0.39 is 23.8 Å². The van der Waals surface area contributed by atoms with Crippen LogP contribution in [0.25, 0.3) is 0 Å². The maximum Gasteiger partial charge on any atom is 0.416 e. The fraction of sp³-hybridized carbons (Fsp3) is 0.316. The maximum atomic E-state index is 12.6. The molecule has 0 bridgehead atoms. The SMILES string of the molecule is Cc1ccc(C(CNC(=O)c2ccc(C(F)(F)F)cc2)OCCO)cc1. The lowest BCUT2D eigenvalue weighted by atomic mass is 10.1. The van der Waals surface area contributed by atoms with Crippen LogP contribution in [0.1, 0.15) is 33.2 Å². The predicted molar refractivity (Wildman–Crippen MR) is 90.7 cm³/mol. The van der Waals surface area contributed by atoms with Gasteiger partial charge in [-0.05, 0) is 36.8 Å². The minimum absolute atomic E-state index is 0.106. The van der Waals surface area contributed by atoms with Gasteiger partial charge in [-0.3, -0.25) is 4.79 Å². The molecule has 0 aliphatic heterocycles. The number of carbonyl (C=O) groups excluding carboxylic acids is 1. The Hall–Kier alpha value is -2.38.